The average molecular weight is 393 g/mol. The van der Waals surface area contributed by atoms with E-state index in [4.69, 9.17) is 4.74 Å². The molecule has 1 fully saturated rings. The number of carbonyl (C=O) groups excluding carboxylic acids is 3. The minimum Gasteiger partial charge on any atom is -0.477 e. The van der Waals surface area contributed by atoms with Gasteiger partial charge in [-0.3, -0.25) is 19.3 Å². The highest BCUT2D eigenvalue weighted by Crippen LogP contribution is 2.40. The van der Waals surface area contributed by atoms with Crippen molar-refractivity contribution in [3.8, 4) is 0 Å². The van der Waals surface area contributed by atoms with Crippen LogP contribution in [0.1, 0.15) is 6.92 Å². The highest BCUT2D eigenvalue weighted by molar-refractivity contribution is 9.09. The number of nitrogens with zero attached hydrogens (tertiary/aromatic N) is 1. The van der Waals surface area contributed by atoms with Gasteiger partial charge in [0, 0.05) is 18.2 Å². The SMILES string of the molecule is CC(=O)OCC1=C(C(=O)O)N2C(=O)[C@@H](NC(=O)CBr)[C@H]2SC1. The summed E-state index contributed by atoms with van der Waals surface area (Å²) < 4.78 is 4.83. The Kier molecular flexibility index (Phi) is 5.12. The zero-order chi connectivity index (χ0) is 16.4. The van der Waals surface area contributed by atoms with Gasteiger partial charge in [-0.15, -0.1) is 11.8 Å². The molecule has 0 aromatic rings. The second-order valence-electron chi connectivity index (χ2n) is 4.63. The van der Waals surface area contributed by atoms with Gasteiger partial charge in [0.2, 0.25) is 5.91 Å². The molecule has 0 saturated carbocycles. The topological polar surface area (TPSA) is 113 Å². The predicted octanol–water partition coefficient (Wildman–Crippen LogP) is -0.317. The van der Waals surface area contributed by atoms with E-state index in [-0.39, 0.29) is 23.5 Å². The number of rotatable bonds is 5. The second-order valence-corrected chi connectivity index (χ2v) is 6.29. The van der Waals surface area contributed by atoms with Gasteiger partial charge in [0.15, 0.2) is 0 Å². The lowest BCUT2D eigenvalue weighted by atomic mass is 10.0. The summed E-state index contributed by atoms with van der Waals surface area (Å²) in [7, 11) is 0. The Morgan fingerprint density at radius 2 is 2.18 bits per heavy atom. The number of esters is 1. The number of ether oxygens (including phenoxy) is 1. The first-order valence-corrected chi connectivity index (χ1v) is 8.42. The minimum atomic E-state index is -1.26. The van der Waals surface area contributed by atoms with Crippen LogP contribution in [0.2, 0.25) is 0 Å². The molecule has 2 aliphatic rings. The van der Waals surface area contributed by atoms with Gasteiger partial charge < -0.3 is 15.2 Å². The quantitative estimate of drug-likeness (QED) is 0.374. The van der Waals surface area contributed by atoms with E-state index in [1.54, 1.807) is 0 Å². The maximum absolute atomic E-state index is 12.1. The molecule has 0 radical (unpaired) electrons. The maximum atomic E-state index is 12.1. The minimum absolute atomic E-state index is 0.0630. The average Bonchev–Trinajstić information content (AvgIpc) is 2.48. The molecule has 2 rings (SSSR count). The van der Waals surface area contributed by atoms with Crippen LogP contribution in [0.15, 0.2) is 11.3 Å². The molecule has 0 aromatic carbocycles. The Labute approximate surface area is 138 Å². The molecule has 0 aromatic heterocycles. The normalized spacial score (nSPS) is 23.5. The molecule has 2 amide bonds. The summed E-state index contributed by atoms with van der Waals surface area (Å²) in [5.41, 5.74) is 0.196. The Balaban J connectivity index is 2.19. The van der Waals surface area contributed by atoms with E-state index in [1.807, 2.05) is 0 Å². The van der Waals surface area contributed by atoms with Crippen molar-refractivity contribution in [2.75, 3.05) is 17.7 Å². The van der Waals surface area contributed by atoms with Gasteiger partial charge in [-0.25, -0.2) is 4.79 Å². The van der Waals surface area contributed by atoms with Crippen molar-refractivity contribution in [3.63, 3.8) is 0 Å². The van der Waals surface area contributed by atoms with Crippen molar-refractivity contribution in [3.05, 3.63) is 11.3 Å². The molecule has 2 heterocycles. The number of aliphatic carboxylic acids is 1. The molecular weight excluding hydrogens is 380 g/mol. The third-order valence-corrected chi connectivity index (χ3v) is 4.99. The molecule has 1 saturated heterocycles. The van der Waals surface area contributed by atoms with Crippen LogP contribution in [0.4, 0.5) is 0 Å². The summed E-state index contributed by atoms with van der Waals surface area (Å²) in [6, 6.07) is -0.736. The van der Waals surface area contributed by atoms with Crippen LogP contribution in [0, 0.1) is 0 Å². The zero-order valence-electron chi connectivity index (χ0n) is 11.5. The number of carbonyl (C=O) groups is 4. The van der Waals surface area contributed by atoms with E-state index in [0.717, 1.165) is 4.90 Å². The molecule has 0 aliphatic carbocycles. The summed E-state index contributed by atoms with van der Waals surface area (Å²) >= 11 is 4.31. The Hall–Kier alpha value is -1.55. The van der Waals surface area contributed by atoms with Crippen LogP contribution in [0.25, 0.3) is 0 Å². The zero-order valence-corrected chi connectivity index (χ0v) is 13.9. The Bertz CT molecular complexity index is 578. The van der Waals surface area contributed by atoms with Crippen molar-refractivity contribution < 1.29 is 29.0 Å². The third-order valence-electron chi connectivity index (χ3n) is 3.14. The number of amides is 2. The van der Waals surface area contributed by atoms with Crippen molar-refractivity contribution >= 4 is 51.4 Å². The number of β-lactam (4-membered cyclic amide) rings is 1. The molecule has 0 bridgehead atoms. The Morgan fingerprint density at radius 3 is 2.73 bits per heavy atom. The first kappa shape index (κ1) is 16.8. The number of thioether (sulfide) groups is 1. The fourth-order valence-corrected chi connectivity index (χ4v) is 3.68. The van der Waals surface area contributed by atoms with Crippen molar-refractivity contribution in [2.24, 2.45) is 0 Å². The fraction of sp³-hybridized carbons (Fsp3) is 0.500. The van der Waals surface area contributed by atoms with E-state index in [9.17, 15) is 24.3 Å². The fourth-order valence-electron chi connectivity index (χ4n) is 2.20. The van der Waals surface area contributed by atoms with Gasteiger partial charge in [0.05, 0.1) is 5.33 Å². The number of hydrogen-bond donors (Lipinski definition) is 2. The van der Waals surface area contributed by atoms with Crippen molar-refractivity contribution in [1.82, 2.24) is 10.2 Å². The van der Waals surface area contributed by atoms with Crippen LogP contribution in [0.3, 0.4) is 0 Å². The van der Waals surface area contributed by atoms with Crippen molar-refractivity contribution in [1.29, 1.82) is 0 Å². The van der Waals surface area contributed by atoms with Crippen molar-refractivity contribution in [2.45, 2.75) is 18.3 Å². The van der Waals surface area contributed by atoms with Crippen LogP contribution >= 0.6 is 27.7 Å². The van der Waals surface area contributed by atoms with Gasteiger partial charge >= 0.3 is 11.9 Å². The van der Waals surface area contributed by atoms with E-state index < -0.39 is 29.3 Å². The molecule has 0 unspecified atom stereocenters. The smallest absolute Gasteiger partial charge is 0.352 e. The summed E-state index contributed by atoms with van der Waals surface area (Å²) in [4.78, 5) is 46.9. The molecule has 2 N–H and O–H groups in total. The lowest BCUT2D eigenvalue weighted by Gasteiger charge is -2.49. The molecule has 0 spiro atoms. The highest BCUT2D eigenvalue weighted by atomic mass is 79.9. The molecule has 2 aliphatic heterocycles. The Morgan fingerprint density at radius 1 is 1.50 bits per heavy atom. The van der Waals surface area contributed by atoms with Gasteiger partial charge in [-0.1, -0.05) is 15.9 Å². The van der Waals surface area contributed by atoms with Crippen LogP contribution < -0.4 is 5.32 Å². The largest absolute Gasteiger partial charge is 0.477 e. The van der Waals surface area contributed by atoms with E-state index in [1.165, 1.54) is 18.7 Å². The lowest BCUT2D eigenvalue weighted by Crippen LogP contribution is -2.70. The van der Waals surface area contributed by atoms with Gasteiger partial charge in [-0.05, 0) is 0 Å². The van der Waals surface area contributed by atoms with E-state index >= 15 is 0 Å². The van der Waals surface area contributed by atoms with E-state index in [2.05, 4.69) is 21.2 Å². The lowest BCUT2D eigenvalue weighted by molar-refractivity contribution is -0.150. The highest BCUT2D eigenvalue weighted by Gasteiger charge is 2.54. The molecule has 22 heavy (non-hydrogen) atoms. The molecule has 8 nitrogen and oxygen atoms in total. The molecule has 10 heteroatoms. The molecule has 120 valence electrons. The monoisotopic (exact) mass is 392 g/mol. The third kappa shape index (κ3) is 3.12. The number of alkyl halides is 1. The van der Waals surface area contributed by atoms with Gasteiger partial charge in [0.25, 0.3) is 5.91 Å². The summed E-state index contributed by atoms with van der Waals surface area (Å²) in [6.45, 7) is 1.05. The first-order valence-electron chi connectivity index (χ1n) is 6.25. The maximum Gasteiger partial charge on any atom is 0.352 e. The summed E-state index contributed by atoms with van der Waals surface area (Å²) in [5, 5.41) is 11.5. The molecule has 2 atom stereocenters. The first-order chi connectivity index (χ1) is 10.4. The van der Waals surface area contributed by atoms with Crippen LogP contribution in [-0.4, -0.2) is 62.9 Å². The van der Waals surface area contributed by atoms with Crippen LogP contribution in [0.5, 0.6) is 0 Å². The summed E-state index contributed by atoms with van der Waals surface area (Å²) in [5.74, 6) is -2.30. The van der Waals surface area contributed by atoms with E-state index in [0.29, 0.717) is 11.3 Å². The number of hydrogen-bond acceptors (Lipinski definition) is 6. The number of halogens is 1. The second kappa shape index (κ2) is 6.69. The van der Waals surface area contributed by atoms with Gasteiger partial charge in [0.1, 0.15) is 23.7 Å². The number of carboxylic acid groups (broad SMARTS) is 1. The summed E-state index contributed by atoms with van der Waals surface area (Å²) in [6.07, 6.45) is 0. The molecular formula is C12H13BrN2O6S. The standard InChI is InChI=1S/C12H13BrN2O6S/c1-5(16)21-3-6-4-22-11-8(14-7(17)2-13)10(18)15(11)9(6)12(19)20/h8,11H,2-4H2,1H3,(H,14,17)(H,19,20)/t8-,11-/m1/s1. The van der Waals surface area contributed by atoms with Gasteiger partial charge in [-0.2, -0.15) is 0 Å². The number of fused-ring (bicyclic) bond motifs is 1. The number of nitrogens with one attached hydrogen (secondary N) is 1. The predicted molar refractivity (Wildman–Crippen MR) is 80.1 cm³/mol. The number of carboxylic acids is 1. The van der Waals surface area contributed by atoms with Crippen LogP contribution in [-0.2, 0) is 23.9 Å².